The predicted molar refractivity (Wildman–Crippen MR) is 72.2 cm³/mol. The van der Waals surface area contributed by atoms with Gasteiger partial charge in [-0.1, -0.05) is 18.2 Å². The molecule has 0 radical (unpaired) electrons. The molecule has 0 unspecified atom stereocenters. The van der Waals surface area contributed by atoms with Crippen LogP contribution in [0.2, 0.25) is 0 Å². The summed E-state index contributed by atoms with van der Waals surface area (Å²) >= 11 is 0. The number of hydrogen-bond donors (Lipinski definition) is 0. The second-order valence-corrected chi connectivity index (χ2v) is 5.02. The molecule has 0 amide bonds. The van der Waals surface area contributed by atoms with E-state index in [1.165, 1.54) is 16.6 Å². The van der Waals surface area contributed by atoms with Gasteiger partial charge in [0, 0.05) is 17.3 Å². The molecule has 0 N–H and O–H groups in total. The highest BCUT2D eigenvalue weighted by Crippen LogP contribution is 2.24. The lowest BCUT2D eigenvalue weighted by Crippen LogP contribution is -2.09. The predicted octanol–water partition coefficient (Wildman–Crippen LogP) is 4.15. The minimum absolute atomic E-state index is 0.272. The first-order chi connectivity index (χ1) is 8.09. The minimum atomic E-state index is 0.272. The van der Waals surface area contributed by atoms with E-state index >= 15 is 0 Å². The van der Waals surface area contributed by atoms with Crippen molar-refractivity contribution < 1.29 is 4.74 Å². The third-order valence-electron chi connectivity index (χ3n) is 2.91. The van der Waals surface area contributed by atoms with Crippen LogP contribution in [-0.2, 0) is 11.3 Å². The standard InChI is InChI=1S/C15H21NO/c1-11(2)16-14(10-17-12(3)4)9-13-7-5-6-8-15(13)16/h5-9,11-12H,10H2,1-4H3. The molecule has 1 aromatic carbocycles. The van der Waals surface area contributed by atoms with Crippen molar-refractivity contribution in [2.75, 3.05) is 0 Å². The van der Waals surface area contributed by atoms with Gasteiger partial charge in [0.15, 0.2) is 0 Å². The van der Waals surface area contributed by atoms with Gasteiger partial charge in [-0.15, -0.1) is 0 Å². The van der Waals surface area contributed by atoms with Gasteiger partial charge in [0.05, 0.1) is 12.7 Å². The Labute approximate surface area is 103 Å². The molecule has 0 fully saturated rings. The largest absolute Gasteiger partial charge is 0.373 e. The van der Waals surface area contributed by atoms with Crippen LogP contribution < -0.4 is 0 Å². The summed E-state index contributed by atoms with van der Waals surface area (Å²) in [5, 5.41) is 1.29. The number of aromatic nitrogens is 1. The first kappa shape index (κ1) is 12.2. The van der Waals surface area contributed by atoms with E-state index in [1.807, 2.05) is 0 Å². The lowest BCUT2D eigenvalue weighted by molar-refractivity contribution is 0.0615. The molecule has 1 heterocycles. The molecule has 2 rings (SSSR count). The number of ether oxygens (including phenoxy) is 1. The van der Waals surface area contributed by atoms with Gasteiger partial charge in [-0.25, -0.2) is 0 Å². The Balaban J connectivity index is 2.43. The van der Waals surface area contributed by atoms with Crippen molar-refractivity contribution in [2.24, 2.45) is 0 Å². The van der Waals surface area contributed by atoms with Gasteiger partial charge < -0.3 is 9.30 Å². The Morgan fingerprint density at radius 1 is 1.12 bits per heavy atom. The first-order valence-electron chi connectivity index (χ1n) is 6.30. The fraction of sp³-hybridized carbons (Fsp3) is 0.467. The molecule has 17 heavy (non-hydrogen) atoms. The molecular weight excluding hydrogens is 210 g/mol. The zero-order valence-electron chi connectivity index (χ0n) is 11.1. The van der Waals surface area contributed by atoms with E-state index in [2.05, 4.69) is 62.6 Å². The van der Waals surface area contributed by atoms with Crippen LogP contribution in [0.1, 0.15) is 39.4 Å². The van der Waals surface area contributed by atoms with Crippen molar-refractivity contribution >= 4 is 10.9 Å². The second-order valence-electron chi connectivity index (χ2n) is 5.02. The Bertz CT molecular complexity index is 497. The average Bonchev–Trinajstić information content (AvgIpc) is 2.64. The smallest absolute Gasteiger partial charge is 0.0871 e. The van der Waals surface area contributed by atoms with E-state index in [-0.39, 0.29) is 6.10 Å². The number of fused-ring (bicyclic) bond motifs is 1. The molecule has 0 aliphatic carbocycles. The molecule has 0 aliphatic rings. The van der Waals surface area contributed by atoms with E-state index in [0.29, 0.717) is 12.6 Å². The summed E-state index contributed by atoms with van der Waals surface area (Å²) in [5.41, 5.74) is 2.56. The first-order valence-corrected chi connectivity index (χ1v) is 6.30. The lowest BCUT2D eigenvalue weighted by atomic mass is 10.2. The zero-order chi connectivity index (χ0) is 12.4. The van der Waals surface area contributed by atoms with Crippen LogP contribution in [0.5, 0.6) is 0 Å². The number of hydrogen-bond acceptors (Lipinski definition) is 1. The summed E-state index contributed by atoms with van der Waals surface area (Å²) in [5.74, 6) is 0. The van der Waals surface area contributed by atoms with E-state index in [9.17, 15) is 0 Å². The monoisotopic (exact) mass is 231 g/mol. The number of nitrogens with zero attached hydrogens (tertiary/aromatic N) is 1. The zero-order valence-corrected chi connectivity index (χ0v) is 11.1. The van der Waals surface area contributed by atoms with Crippen LogP contribution in [0.3, 0.4) is 0 Å². The summed E-state index contributed by atoms with van der Waals surface area (Å²) in [4.78, 5) is 0. The molecule has 0 atom stereocenters. The molecule has 1 aromatic heterocycles. The van der Waals surface area contributed by atoms with E-state index < -0.39 is 0 Å². The Morgan fingerprint density at radius 3 is 2.47 bits per heavy atom. The van der Waals surface area contributed by atoms with Crippen LogP contribution >= 0.6 is 0 Å². The van der Waals surface area contributed by atoms with Gasteiger partial charge >= 0.3 is 0 Å². The molecule has 2 heteroatoms. The molecular formula is C15H21NO. The summed E-state index contributed by atoms with van der Waals surface area (Å²) < 4.78 is 8.09. The van der Waals surface area contributed by atoms with Crippen molar-refractivity contribution in [1.82, 2.24) is 4.57 Å². The Hall–Kier alpha value is -1.28. The minimum Gasteiger partial charge on any atom is -0.373 e. The molecule has 2 nitrogen and oxygen atoms in total. The molecule has 0 bridgehead atoms. The Morgan fingerprint density at radius 2 is 1.82 bits per heavy atom. The molecule has 92 valence electrons. The summed E-state index contributed by atoms with van der Waals surface area (Å²) in [6.07, 6.45) is 0.272. The van der Waals surface area contributed by atoms with Crippen molar-refractivity contribution in [3.8, 4) is 0 Å². The molecule has 0 saturated carbocycles. The molecule has 0 spiro atoms. The highest BCUT2D eigenvalue weighted by Gasteiger charge is 2.11. The van der Waals surface area contributed by atoms with E-state index in [0.717, 1.165) is 0 Å². The van der Waals surface area contributed by atoms with Crippen LogP contribution in [0, 0.1) is 0 Å². The number of para-hydroxylation sites is 1. The third kappa shape index (κ3) is 2.52. The van der Waals surface area contributed by atoms with Crippen molar-refractivity contribution in [3.05, 3.63) is 36.0 Å². The van der Waals surface area contributed by atoms with Crippen LogP contribution in [0.25, 0.3) is 10.9 Å². The van der Waals surface area contributed by atoms with Gasteiger partial charge in [0.2, 0.25) is 0 Å². The van der Waals surface area contributed by atoms with Crippen molar-refractivity contribution in [3.63, 3.8) is 0 Å². The third-order valence-corrected chi connectivity index (χ3v) is 2.91. The van der Waals surface area contributed by atoms with Crippen LogP contribution in [-0.4, -0.2) is 10.7 Å². The number of benzene rings is 1. The van der Waals surface area contributed by atoms with Gasteiger partial charge in [-0.2, -0.15) is 0 Å². The van der Waals surface area contributed by atoms with Gasteiger partial charge in [0.25, 0.3) is 0 Å². The van der Waals surface area contributed by atoms with Gasteiger partial charge in [0.1, 0.15) is 0 Å². The van der Waals surface area contributed by atoms with Gasteiger partial charge in [-0.05, 0) is 45.2 Å². The van der Waals surface area contributed by atoms with E-state index in [1.54, 1.807) is 0 Å². The summed E-state index contributed by atoms with van der Waals surface area (Å²) in [6.45, 7) is 9.26. The average molecular weight is 231 g/mol. The normalized spacial score (nSPS) is 11.9. The van der Waals surface area contributed by atoms with E-state index in [4.69, 9.17) is 4.74 Å². The number of rotatable bonds is 4. The fourth-order valence-electron chi connectivity index (χ4n) is 2.21. The summed E-state index contributed by atoms with van der Waals surface area (Å²) in [7, 11) is 0. The van der Waals surface area contributed by atoms with Crippen LogP contribution in [0.15, 0.2) is 30.3 Å². The summed E-state index contributed by atoms with van der Waals surface area (Å²) in [6, 6.07) is 11.2. The Kier molecular flexibility index (Phi) is 3.53. The SMILES string of the molecule is CC(C)OCc1cc2ccccc2n1C(C)C. The lowest BCUT2D eigenvalue weighted by Gasteiger charge is -2.15. The van der Waals surface area contributed by atoms with Crippen molar-refractivity contribution in [1.29, 1.82) is 0 Å². The van der Waals surface area contributed by atoms with Crippen LogP contribution in [0.4, 0.5) is 0 Å². The maximum Gasteiger partial charge on any atom is 0.0871 e. The fourth-order valence-corrected chi connectivity index (χ4v) is 2.21. The molecule has 0 saturated heterocycles. The van der Waals surface area contributed by atoms with Gasteiger partial charge in [-0.3, -0.25) is 0 Å². The highest BCUT2D eigenvalue weighted by molar-refractivity contribution is 5.81. The topological polar surface area (TPSA) is 14.2 Å². The molecule has 0 aliphatic heterocycles. The second kappa shape index (κ2) is 4.92. The highest BCUT2D eigenvalue weighted by atomic mass is 16.5. The molecule has 2 aromatic rings. The maximum atomic E-state index is 5.73. The maximum absolute atomic E-state index is 5.73. The van der Waals surface area contributed by atoms with Crippen molar-refractivity contribution in [2.45, 2.75) is 46.4 Å². The quantitative estimate of drug-likeness (QED) is 0.771.